The van der Waals surface area contributed by atoms with Crippen LogP contribution in [0.3, 0.4) is 0 Å². The first-order valence-electron chi connectivity index (χ1n) is 5.56. The Morgan fingerprint density at radius 1 is 1.31 bits per heavy atom. The van der Waals surface area contributed by atoms with Crippen LogP contribution in [-0.2, 0) is 0 Å². The maximum absolute atomic E-state index is 3.50. The molecule has 0 spiro atoms. The summed E-state index contributed by atoms with van der Waals surface area (Å²) in [6.07, 6.45) is 2.68. The maximum Gasteiger partial charge on any atom is 0.0193 e. The molecule has 1 fully saturated rings. The highest BCUT2D eigenvalue weighted by Crippen LogP contribution is 2.05. The Morgan fingerprint density at radius 2 is 1.92 bits per heavy atom. The van der Waals surface area contributed by atoms with Crippen LogP contribution >= 0.6 is 0 Å². The Bertz CT molecular complexity index is 110. The molecule has 1 rings (SSSR count). The Labute approximate surface area is 83.5 Å². The fourth-order valence-corrected chi connectivity index (χ4v) is 1.36. The van der Waals surface area contributed by atoms with Crippen molar-refractivity contribution in [3.8, 4) is 0 Å². The van der Waals surface area contributed by atoms with E-state index < -0.39 is 0 Å². The molecule has 0 amide bonds. The Morgan fingerprint density at radius 3 is 2.31 bits per heavy atom. The van der Waals surface area contributed by atoms with Gasteiger partial charge in [-0.05, 0) is 40.2 Å². The molecule has 0 aliphatic carbocycles. The monoisotopic (exact) mass is 186 g/mol. The largest absolute Gasteiger partial charge is 0.313 e. The zero-order valence-corrected chi connectivity index (χ0v) is 9.91. The predicted octanol–water partition coefficient (Wildman–Crippen LogP) is 2.15. The van der Waals surface area contributed by atoms with E-state index >= 15 is 0 Å². The van der Waals surface area contributed by atoms with E-state index in [1.807, 2.05) is 13.8 Å². The predicted molar refractivity (Wildman–Crippen MR) is 60.1 cm³/mol. The number of rotatable bonds is 2. The molecule has 0 aromatic rings. The second-order valence-corrected chi connectivity index (χ2v) is 4.42. The van der Waals surface area contributed by atoms with Gasteiger partial charge in [0.15, 0.2) is 0 Å². The summed E-state index contributed by atoms with van der Waals surface area (Å²) in [4.78, 5) is 0. The van der Waals surface area contributed by atoms with Crippen molar-refractivity contribution in [1.29, 1.82) is 0 Å². The number of nitrogens with one attached hydrogen (secondary N) is 2. The van der Waals surface area contributed by atoms with Crippen molar-refractivity contribution >= 4 is 0 Å². The molecule has 0 bridgehead atoms. The SMILES string of the molecule is CC.CC(C)(C)NCC1CCCN1. The molecule has 1 aliphatic heterocycles. The lowest BCUT2D eigenvalue weighted by Gasteiger charge is -2.23. The Kier molecular flexibility index (Phi) is 6.35. The van der Waals surface area contributed by atoms with Gasteiger partial charge in [-0.15, -0.1) is 0 Å². The number of hydrogen-bond donors (Lipinski definition) is 2. The maximum atomic E-state index is 3.50. The summed E-state index contributed by atoms with van der Waals surface area (Å²) >= 11 is 0. The first-order valence-corrected chi connectivity index (χ1v) is 5.56. The van der Waals surface area contributed by atoms with Gasteiger partial charge in [0.2, 0.25) is 0 Å². The molecular weight excluding hydrogens is 160 g/mol. The molecule has 1 heterocycles. The van der Waals surface area contributed by atoms with Crippen molar-refractivity contribution in [3.63, 3.8) is 0 Å². The minimum atomic E-state index is 0.268. The second-order valence-electron chi connectivity index (χ2n) is 4.42. The third-order valence-corrected chi connectivity index (χ3v) is 2.04. The van der Waals surface area contributed by atoms with Gasteiger partial charge < -0.3 is 10.6 Å². The average Bonchev–Trinajstić information content (AvgIpc) is 2.55. The van der Waals surface area contributed by atoms with Gasteiger partial charge in [-0.1, -0.05) is 13.8 Å². The van der Waals surface area contributed by atoms with Gasteiger partial charge >= 0.3 is 0 Å². The van der Waals surface area contributed by atoms with Crippen molar-refractivity contribution in [2.45, 2.75) is 59.0 Å². The standard InChI is InChI=1S/C9H20N2.C2H6/c1-9(2,3)11-7-8-5-4-6-10-8;1-2/h8,10-11H,4-7H2,1-3H3;1-2H3. The number of hydrogen-bond acceptors (Lipinski definition) is 2. The fraction of sp³-hybridized carbons (Fsp3) is 1.00. The van der Waals surface area contributed by atoms with Crippen LogP contribution in [0.1, 0.15) is 47.5 Å². The summed E-state index contributed by atoms with van der Waals surface area (Å²) in [5.41, 5.74) is 0.268. The first-order chi connectivity index (χ1) is 6.08. The molecule has 2 N–H and O–H groups in total. The van der Waals surface area contributed by atoms with Gasteiger partial charge in [-0.3, -0.25) is 0 Å². The van der Waals surface area contributed by atoms with Crippen LogP contribution < -0.4 is 10.6 Å². The highest BCUT2D eigenvalue weighted by molar-refractivity contribution is 4.80. The third-order valence-electron chi connectivity index (χ3n) is 2.04. The summed E-state index contributed by atoms with van der Waals surface area (Å²) in [5, 5.41) is 6.97. The smallest absolute Gasteiger partial charge is 0.0193 e. The normalized spacial score (nSPS) is 22.4. The zero-order valence-electron chi connectivity index (χ0n) is 9.91. The van der Waals surface area contributed by atoms with Gasteiger partial charge in [0.1, 0.15) is 0 Å². The molecule has 1 aliphatic rings. The van der Waals surface area contributed by atoms with Crippen LogP contribution in [0.2, 0.25) is 0 Å². The molecular formula is C11H26N2. The van der Waals surface area contributed by atoms with Gasteiger partial charge in [-0.2, -0.15) is 0 Å². The van der Waals surface area contributed by atoms with Crippen molar-refractivity contribution in [3.05, 3.63) is 0 Å². The molecule has 0 aromatic carbocycles. The molecule has 1 unspecified atom stereocenters. The van der Waals surface area contributed by atoms with E-state index in [0.29, 0.717) is 6.04 Å². The summed E-state index contributed by atoms with van der Waals surface area (Å²) in [6, 6.07) is 0.717. The lowest BCUT2D eigenvalue weighted by atomic mass is 10.1. The molecule has 13 heavy (non-hydrogen) atoms. The van der Waals surface area contributed by atoms with E-state index in [1.54, 1.807) is 0 Å². The van der Waals surface area contributed by atoms with Crippen LogP contribution in [0.5, 0.6) is 0 Å². The van der Waals surface area contributed by atoms with Gasteiger partial charge in [-0.25, -0.2) is 0 Å². The summed E-state index contributed by atoms with van der Waals surface area (Å²) < 4.78 is 0. The second kappa shape index (κ2) is 6.39. The minimum absolute atomic E-state index is 0.268. The molecule has 0 saturated carbocycles. The Balaban J connectivity index is 0.000000671. The van der Waals surface area contributed by atoms with Crippen molar-refractivity contribution < 1.29 is 0 Å². The Hall–Kier alpha value is -0.0800. The molecule has 1 atom stereocenters. The lowest BCUT2D eigenvalue weighted by molar-refractivity contribution is 0.394. The van der Waals surface area contributed by atoms with Crippen LogP contribution in [0, 0.1) is 0 Å². The van der Waals surface area contributed by atoms with E-state index in [2.05, 4.69) is 31.4 Å². The van der Waals surface area contributed by atoms with Crippen molar-refractivity contribution in [2.75, 3.05) is 13.1 Å². The fourth-order valence-electron chi connectivity index (χ4n) is 1.36. The lowest BCUT2D eigenvalue weighted by Crippen LogP contribution is -2.43. The third kappa shape index (κ3) is 7.03. The van der Waals surface area contributed by atoms with E-state index in [-0.39, 0.29) is 5.54 Å². The first kappa shape index (κ1) is 12.9. The summed E-state index contributed by atoms with van der Waals surface area (Å²) in [5.74, 6) is 0. The zero-order chi connectivity index (χ0) is 10.3. The van der Waals surface area contributed by atoms with Crippen LogP contribution in [0.4, 0.5) is 0 Å². The van der Waals surface area contributed by atoms with Crippen LogP contribution in [-0.4, -0.2) is 24.7 Å². The van der Waals surface area contributed by atoms with E-state index in [9.17, 15) is 0 Å². The van der Waals surface area contributed by atoms with Gasteiger partial charge in [0.05, 0.1) is 0 Å². The van der Waals surface area contributed by atoms with E-state index in [4.69, 9.17) is 0 Å². The molecule has 0 radical (unpaired) electrons. The molecule has 80 valence electrons. The molecule has 1 saturated heterocycles. The van der Waals surface area contributed by atoms with Gasteiger partial charge in [0.25, 0.3) is 0 Å². The minimum Gasteiger partial charge on any atom is -0.313 e. The van der Waals surface area contributed by atoms with E-state index in [1.165, 1.54) is 19.4 Å². The summed E-state index contributed by atoms with van der Waals surface area (Å²) in [6.45, 7) is 13.0. The highest BCUT2D eigenvalue weighted by Gasteiger charge is 2.16. The quantitative estimate of drug-likeness (QED) is 0.690. The molecule has 2 heteroatoms. The summed E-state index contributed by atoms with van der Waals surface area (Å²) in [7, 11) is 0. The van der Waals surface area contributed by atoms with Crippen LogP contribution in [0.25, 0.3) is 0 Å². The molecule has 0 aromatic heterocycles. The van der Waals surface area contributed by atoms with Crippen LogP contribution in [0.15, 0.2) is 0 Å². The van der Waals surface area contributed by atoms with Crippen molar-refractivity contribution in [1.82, 2.24) is 10.6 Å². The molecule has 2 nitrogen and oxygen atoms in total. The topological polar surface area (TPSA) is 24.1 Å². The average molecular weight is 186 g/mol. The van der Waals surface area contributed by atoms with Gasteiger partial charge in [0, 0.05) is 18.1 Å². The highest BCUT2D eigenvalue weighted by atomic mass is 15.0. The van der Waals surface area contributed by atoms with E-state index in [0.717, 1.165) is 6.54 Å². The van der Waals surface area contributed by atoms with Crippen molar-refractivity contribution in [2.24, 2.45) is 0 Å².